The number of H-pyrrole nitrogens is 2. The van der Waals surface area contributed by atoms with E-state index in [1.165, 1.54) is 45.7 Å². The van der Waals surface area contributed by atoms with Gasteiger partial charge in [-0.3, -0.25) is 99.3 Å². The molecule has 6 bridgehead atoms. The van der Waals surface area contributed by atoms with Crippen molar-refractivity contribution in [2.45, 2.75) is 125 Å². The molecule has 8 aromatic heterocycles. The van der Waals surface area contributed by atoms with Crippen molar-refractivity contribution in [1.82, 2.24) is 78.1 Å². The quantitative estimate of drug-likeness (QED) is 0.0101. The van der Waals surface area contributed by atoms with Crippen molar-refractivity contribution in [2.24, 2.45) is 11.8 Å². The van der Waals surface area contributed by atoms with Gasteiger partial charge in [0.15, 0.2) is 99.7 Å². The summed E-state index contributed by atoms with van der Waals surface area (Å²) in [4.78, 5) is 153. The Balaban J connectivity index is 0.000000177. The van der Waals surface area contributed by atoms with Gasteiger partial charge in [0, 0.05) is 29.6 Å². The molecule has 4 amide bonds. The standard InChI is InChI=1S/C36H37FN11O14P.C35H36FN11O13P2.C7H8ClO2P/c1-17(2)29(50)45-34-44-28-22(31(52)46-34)42-16-48(28)32-23(60-35(53)54)20(37)19(59-32)11-58-63(55,57-10-9-38-3)62-25-24-33(61-36(25,12-49)13-56-24)47-15-41-21-26(39-14-40-27(21)47)43-30(51)18-7-5-4-6-8-18;1-17(2)29(48)44-34-43-28-22(31(50)45-34)41-16-47(28)32-23-20(36)19(57-32)11-56-62(52,55-10-9-37-3)60-25-24-33(58-35(25,12-53-24)13-54-61(51)59-23)46-15-40-21-26(38-14-39-27(21)46)42-30(49)18-7-5-4-6-8-18;1-11(8,9)10-7-5-3-2-4-6-7/h4-8,14-17,19-20,23-25,32-33,49H,9-13H2,1-2H3,(H,53,54)(H,39,40,43,51)(H2,44,45,46,50,52);4-8,14-17,19-20,23-25,32-33,51H,9-13H2,1-2H3,(H,38,39,42,49)(H2,43,44,45,48,50);2-6H,1H3/t19-,20-,23-,24-,25+,32-,33-,36+,63?;19-,20-,23-,24-,25+,32-,33-,35-,61?,62?;/m11./s1. The van der Waals surface area contributed by atoms with Crippen LogP contribution < -0.4 is 36.9 Å². The van der Waals surface area contributed by atoms with Crippen molar-refractivity contribution in [2.75, 3.05) is 93.9 Å². The van der Waals surface area contributed by atoms with E-state index in [4.69, 9.17) is 98.3 Å². The van der Waals surface area contributed by atoms with Gasteiger partial charge in [-0.1, -0.05) is 82.3 Å². The summed E-state index contributed by atoms with van der Waals surface area (Å²) in [7, 11) is -12.6. The SMILES string of the molecule is CP(=O)(Cl)Oc1ccccc1.[C-]#[N+]CCOP(=O)(OC[C@H]1O[C@@H](n2cnc3c(=O)[nH]c(NC(=O)C(C)C)nc32)[C@H](OC(=O)O)[C@@H]1F)O[C@H]1[C@H]2OC[C@]1(CO)O[C@H]2n1cnc2c(NC(=O)c3ccccc3)ncnc21.[C-]#[N+]CCOP1(=O)OC[C@H]2O[C@@H](n3cnc4c(=O)[nH]c(NC(=O)C(C)C)nc43)[C@H](OP(O)OC[C@@]34CO[C@@H]([C@H](n5cnc6c(NC(=O)c7ccccc7)ncnc65)O3)[C@@H]4O1)[C@@H]2F. The molecule has 0 spiro atoms. The molecule has 7 aliphatic rings. The summed E-state index contributed by atoms with van der Waals surface area (Å²) in [5.74, 6) is -2.57. The molecule has 51 nitrogen and oxygen atoms in total. The topological polar surface area (TPSA) is 616 Å². The van der Waals surface area contributed by atoms with E-state index in [0.717, 1.165) is 17.2 Å². The van der Waals surface area contributed by atoms with E-state index in [9.17, 15) is 62.4 Å². The number of alkyl halides is 2. The normalized spacial score (nSPS) is 27.5. The number of nitrogens with zero attached hydrogens (tertiary/aromatic N) is 16. The minimum absolute atomic E-state index is 0.0806. The first-order valence-corrected chi connectivity index (χ1v) is 48.2. The Morgan fingerprint density at radius 1 is 0.654 bits per heavy atom. The number of amides is 4. The van der Waals surface area contributed by atoms with E-state index < -0.39 is 221 Å². The highest BCUT2D eigenvalue weighted by Gasteiger charge is 2.68. The molecule has 7 saturated heterocycles. The smallest absolute Gasteiger partial charge is 0.450 e. The number of phosphoric acid groups is 2. The largest absolute Gasteiger partial charge is 0.506 e. The minimum Gasteiger partial charge on any atom is -0.450 e. The van der Waals surface area contributed by atoms with E-state index in [-0.39, 0.29) is 94.5 Å². The number of aromatic nitrogens is 16. The Labute approximate surface area is 770 Å². The first kappa shape index (κ1) is 97.1. The summed E-state index contributed by atoms with van der Waals surface area (Å²) in [5, 5.41) is 30.6. The van der Waals surface area contributed by atoms with E-state index in [1.807, 2.05) is 6.07 Å². The number of rotatable bonds is 27. The number of phosphoric ester groups is 2. The molecule has 4 unspecified atom stereocenters. The first-order chi connectivity index (χ1) is 65.2. The first-order valence-electron chi connectivity index (χ1n) is 41.1. The zero-order valence-electron chi connectivity index (χ0n) is 71.5. The van der Waals surface area contributed by atoms with Crippen molar-refractivity contribution in [3.63, 3.8) is 0 Å². The van der Waals surface area contributed by atoms with Crippen LogP contribution >= 0.6 is 42.2 Å². The van der Waals surface area contributed by atoms with Crippen molar-refractivity contribution >= 4 is 140 Å². The van der Waals surface area contributed by atoms with Gasteiger partial charge in [0.25, 0.3) is 22.9 Å². The van der Waals surface area contributed by atoms with Gasteiger partial charge in [0.2, 0.25) is 36.8 Å². The molecule has 7 aliphatic heterocycles. The van der Waals surface area contributed by atoms with Crippen LogP contribution in [-0.2, 0) is 92.6 Å². The number of aromatic amines is 2. The molecule has 3 aromatic carbocycles. The van der Waals surface area contributed by atoms with Gasteiger partial charge in [0.05, 0.1) is 65.0 Å². The van der Waals surface area contributed by atoms with Crippen LogP contribution in [0, 0.1) is 25.0 Å². The van der Waals surface area contributed by atoms with Gasteiger partial charge < -0.3 is 82.2 Å². The second kappa shape index (κ2) is 40.7. The van der Waals surface area contributed by atoms with Gasteiger partial charge in [-0.15, -0.1) is 0 Å². The van der Waals surface area contributed by atoms with Crippen LogP contribution in [0.5, 0.6) is 5.75 Å². The second-order valence-corrected chi connectivity index (χ2v) is 39.1. The number of halogens is 3. The Morgan fingerprint density at radius 3 is 1.71 bits per heavy atom. The molecule has 11 aromatic rings. The number of hydrogen-bond acceptors (Lipinski definition) is 38. The maximum Gasteiger partial charge on any atom is 0.506 e. The van der Waals surface area contributed by atoms with Crippen molar-refractivity contribution in [3.8, 4) is 5.75 Å². The van der Waals surface area contributed by atoms with E-state index >= 15 is 8.78 Å². The molecule has 58 heteroatoms. The number of carboxylic acid groups (broad SMARTS) is 1. The summed E-state index contributed by atoms with van der Waals surface area (Å²) < 4.78 is 171. The van der Waals surface area contributed by atoms with Gasteiger partial charge in [0.1, 0.15) is 85.5 Å². The van der Waals surface area contributed by atoms with Crippen LogP contribution in [0.1, 0.15) is 73.3 Å². The predicted octanol–water partition coefficient (Wildman–Crippen LogP) is 8.13. The molecule has 0 aliphatic carbocycles. The average Bonchev–Trinajstić information content (AvgIpc) is 1.56. The highest BCUT2D eigenvalue weighted by Crippen LogP contribution is 2.61. The summed E-state index contributed by atoms with van der Waals surface area (Å²) in [5.41, 5.74) is -4.19. The van der Waals surface area contributed by atoms with Crippen molar-refractivity contribution in [3.05, 3.63) is 184 Å². The zero-order chi connectivity index (χ0) is 96.3. The average molecular weight is 1990 g/mol. The van der Waals surface area contributed by atoms with Gasteiger partial charge in [-0.05, 0) is 47.6 Å². The summed E-state index contributed by atoms with van der Waals surface area (Å²) in [6.07, 6.45) is -16.3. The highest BCUT2D eigenvalue weighted by atomic mass is 35.7. The molecule has 0 saturated carbocycles. The Morgan fingerprint density at radius 2 is 1.18 bits per heavy atom. The van der Waals surface area contributed by atoms with E-state index in [0.29, 0.717) is 16.9 Å². The van der Waals surface area contributed by atoms with E-state index in [1.54, 1.807) is 113 Å². The third-order valence-electron chi connectivity index (χ3n) is 21.6. The molecular weight excluding hydrogens is 1910 g/mol. The number of para-hydroxylation sites is 1. The minimum atomic E-state index is -4.91. The highest BCUT2D eigenvalue weighted by molar-refractivity contribution is 7.85. The van der Waals surface area contributed by atoms with Crippen LogP contribution in [0.3, 0.4) is 0 Å². The fraction of sp³-hybridized carbons (Fsp3) is 0.423. The maximum absolute atomic E-state index is 16.5. The number of aliphatic hydroxyl groups is 1. The molecular formula is C78H81ClF2N22O29P4. The third-order valence-corrected chi connectivity index (χ3v) is 26.0. The van der Waals surface area contributed by atoms with Crippen LogP contribution in [0.15, 0.2) is 139 Å². The molecule has 9 N–H and O–H groups in total. The summed E-state index contributed by atoms with van der Waals surface area (Å²) in [6, 6.07) is 25.7. The zero-order valence-corrected chi connectivity index (χ0v) is 75.8. The predicted molar refractivity (Wildman–Crippen MR) is 464 cm³/mol. The summed E-state index contributed by atoms with van der Waals surface area (Å²) in [6.45, 7) is 14.4. The van der Waals surface area contributed by atoms with Crippen molar-refractivity contribution in [1.29, 1.82) is 0 Å². The monoisotopic (exact) mass is 1990 g/mol. The number of aliphatic hydroxyl groups excluding tert-OH is 1. The number of fused-ring (bicyclic) bond motifs is 8. The number of carbonyl (C=O) groups is 5. The van der Waals surface area contributed by atoms with Gasteiger partial charge in [-0.2, -0.15) is 9.97 Å². The number of imidazole rings is 4. The second-order valence-electron chi connectivity index (χ2n) is 31.4. The Kier molecular flexibility index (Phi) is 29.1. The fourth-order valence-corrected chi connectivity index (χ4v) is 19.5. The lowest BCUT2D eigenvalue weighted by Crippen LogP contribution is -2.45. The Hall–Kier alpha value is -12.0. The lowest BCUT2D eigenvalue weighted by molar-refractivity contribution is -0.185. The number of hydrogen-bond donors (Lipinski definition) is 9. The third kappa shape index (κ3) is 20.7. The molecule has 0 radical (unpaired) electrons. The fourth-order valence-electron chi connectivity index (χ4n) is 15.1. The van der Waals surface area contributed by atoms with Crippen LogP contribution in [-0.4, -0.2) is 268 Å². The molecule has 15 heterocycles. The molecule has 7 fully saturated rings. The number of benzene rings is 3. The number of ether oxygens (including phenoxy) is 7. The molecule has 20 atom stereocenters. The lowest BCUT2D eigenvalue weighted by Gasteiger charge is -2.32. The Bertz CT molecular complexity index is 6660. The van der Waals surface area contributed by atoms with Crippen LogP contribution in [0.2, 0.25) is 0 Å². The summed E-state index contributed by atoms with van der Waals surface area (Å²) >= 11 is 5.40. The van der Waals surface area contributed by atoms with Gasteiger partial charge in [-0.25, -0.2) is 75.7 Å². The molecule has 136 heavy (non-hydrogen) atoms. The number of carbonyl (C=O) groups excluding carboxylic acids is 4. The van der Waals surface area contributed by atoms with E-state index in [2.05, 4.69) is 90.8 Å². The van der Waals surface area contributed by atoms with Crippen molar-refractivity contribution < 1.29 is 135 Å². The van der Waals surface area contributed by atoms with Crippen LogP contribution in [0.25, 0.3) is 54.3 Å². The van der Waals surface area contributed by atoms with Crippen LogP contribution in [0.4, 0.5) is 37.1 Å². The molecule has 18 rings (SSSR count). The van der Waals surface area contributed by atoms with Gasteiger partial charge >= 0.3 is 37.1 Å². The molecule has 718 valence electrons. The number of nitrogens with one attached hydrogen (secondary N) is 6. The maximum atomic E-state index is 16.5. The lowest BCUT2D eigenvalue weighted by atomic mass is 10.0. The number of anilines is 4.